The Balaban J connectivity index is 1.40. The van der Waals surface area contributed by atoms with Gasteiger partial charge in [0.15, 0.2) is 21.8 Å². The van der Waals surface area contributed by atoms with Crippen molar-refractivity contribution in [2.24, 2.45) is 0 Å². The van der Waals surface area contributed by atoms with Gasteiger partial charge in [-0.05, 0) is 30.3 Å². The maximum Gasteiger partial charge on any atom is 0.231 e. The number of aromatic nitrogens is 2. The first kappa shape index (κ1) is 15.4. The van der Waals surface area contributed by atoms with Gasteiger partial charge < -0.3 is 19.5 Å². The molecule has 2 aromatic carbocycles. The number of anilines is 2. The second-order valence-electron chi connectivity index (χ2n) is 5.58. The van der Waals surface area contributed by atoms with Crippen LogP contribution in [0.3, 0.4) is 0 Å². The SMILES string of the molecule is COc1ccc2sc(Nc3nc(-c4ccc5c(c4)OCO5)cs3)nc2c1. The van der Waals surface area contributed by atoms with Crippen molar-refractivity contribution < 1.29 is 14.2 Å². The Kier molecular flexibility index (Phi) is 3.65. The lowest BCUT2D eigenvalue weighted by Crippen LogP contribution is -1.92. The zero-order valence-corrected chi connectivity index (χ0v) is 15.3. The van der Waals surface area contributed by atoms with Crippen molar-refractivity contribution in [1.82, 2.24) is 9.97 Å². The molecule has 5 rings (SSSR count). The molecule has 8 heteroatoms. The molecule has 0 atom stereocenters. The van der Waals surface area contributed by atoms with Crippen molar-refractivity contribution in [3.05, 3.63) is 41.8 Å². The molecule has 0 fully saturated rings. The van der Waals surface area contributed by atoms with Crippen LogP contribution in [-0.2, 0) is 0 Å². The van der Waals surface area contributed by atoms with Crippen molar-refractivity contribution in [2.45, 2.75) is 0 Å². The molecule has 0 aliphatic carbocycles. The van der Waals surface area contributed by atoms with Gasteiger partial charge in [-0.1, -0.05) is 11.3 Å². The molecule has 6 nitrogen and oxygen atoms in total. The van der Waals surface area contributed by atoms with Crippen LogP contribution >= 0.6 is 22.7 Å². The van der Waals surface area contributed by atoms with Crippen molar-refractivity contribution in [1.29, 1.82) is 0 Å². The fourth-order valence-corrected chi connectivity index (χ4v) is 4.33. The Bertz CT molecular complexity index is 1110. The van der Waals surface area contributed by atoms with E-state index in [2.05, 4.69) is 15.3 Å². The highest BCUT2D eigenvalue weighted by Crippen LogP contribution is 2.37. The molecule has 1 aliphatic heterocycles. The van der Waals surface area contributed by atoms with Gasteiger partial charge in [-0.25, -0.2) is 9.97 Å². The predicted molar refractivity (Wildman–Crippen MR) is 103 cm³/mol. The Hall–Kier alpha value is -2.84. The van der Waals surface area contributed by atoms with Crippen LogP contribution in [0.5, 0.6) is 17.2 Å². The van der Waals surface area contributed by atoms with Gasteiger partial charge in [-0.3, -0.25) is 0 Å². The summed E-state index contributed by atoms with van der Waals surface area (Å²) in [5.41, 5.74) is 2.79. The maximum atomic E-state index is 5.43. The minimum Gasteiger partial charge on any atom is -0.497 e. The molecular formula is C18H13N3O3S2. The third-order valence-corrected chi connectivity index (χ3v) is 5.69. The quantitative estimate of drug-likeness (QED) is 0.541. The Labute approximate surface area is 157 Å². The van der Waals surface area contributed by atoms with Gasteiger partial charge >= 0.3 is 0 Å². The minimum absolute atomic E-state index is 0.269. The molecule has 1 aliphatic rings. The summed E-state index contributed by atoms with van der Waals surface area (Å²) in [6.45, 7) is 0.269. The zero-order chi connectivity index (χ0) is 17.5. The van der Waals surface area contributed by atoms with Crippen LogP contribution in [0.25, 0.3) is 21.5 Å². The van der Waals surface area contributed by atoms with Gasteiger partial charge in [0.2, 0.25) is 6.79 Å². The topological polar surface area (TPSA) is 65.5 Å². The van der Waals surface area contributed by atoms with Gasteiger partial charge in [-0.15, -0.1) is 11.3 Å². The van der Waals surface area contributed by atoms with Crippen LogP contribution in [0.1, 0.15) is 0 Å². The summed E-state index contributed by atoms with van der Waals surface area (Å²) < 4.78 is 17.1. The third kappa shape index (κ3) is 2.73. The van der Waals surface area contributed by atoms with Crippen LogP contribution < -0.4 is 19.5 Å². The normalized spacial score (nSPS) is 12.5. The lowest BCUT2D eigenvalue weighted by atomic mass is 10.1. The van der Waals surface area contributed by atoms with E-state index in [4.69, 9.17) is 14.2 Å². The lowest BCUT2D eigenvalue weighted by Gasteiger charge is -1.99. The van der Waals surface area contributed by atoms with E-state index >= 15 is 0 Å². The number of hydrogen-bond acceptors (Lipinski definition) is 8. The Morgan fingerprint density at radius 3 is 2.88 bits per heavy atom. The summed E-state index contributed by atoms with van der Waals surface area (Å²) in [5, 5.41) is 6.90. The largest absolute Gasteiger partial charge is 0.497 e. The molecular weight excluding hydrogens is 370 g/mol. The summed E-state index contributed by atoms with van der Waals surface area (Å²) >= 11 is 3.12. The highest BCUT2D eigenvalue weighted by Gasteiger charge is 2.15. The van der Waals surface area contributed by atoms with Gasteiger partial charge in [0.05, 0.1) is 23.0 Å². The van der Waals surface area contributed by atoms with Crippen LogP contribution in [0.4, 0.5) is 10.3 Å². The van der Waals surface area contributed by atoms with Crippen molar-refractivity contribution in [2.75, 3.05) is 19.2 Å². The van der Waals surface area contributed by atoms with Gasteiger partial charge in [0, 0.05) is 17.0 Å². The first-order valence-electron chi connectivity index (χ1n) is 7.86. The standard InChI is InChI=1S/C18H13N3O3S2/c1-22-11-3-5-16-12(7-11)19-18(26-16)21-17-20-13(8-25-17)10-2-4-14-15(6-10)24-9-23-14/h2-8H,9H2,1H3,(H,19,20,21). The zero-order valence-electron chi connectivity index (χ0n) is 13.7. The summed E-state index contributed by atoms with van der Waals surface area (Å²) in [5.74, 6) is 2.33. The fraction of sp³-hybridized carbons (Fsp3) is 0.111. The average molecular weight is 383 g/mol. The molecule has 0 saturated carbocycles. The summed E-state index contributed by atoms with van der Waals surface area (Å²) in [6.07, 6.45) is 0. The summed E-state index contributed by atoms with van der Waals surface area (Å²) in [7, 11) is 1.65. The van der Waals surface area contributed by atoms with Crippen LogP contribution in [0, 0.1) is 0 Å². The fourth-order valence-electron chi connectivity index (χ4n) is 2.70. The van der Waals surface area contributed by atoms with Crippen molar-refractivity contribution in [3.63, 3.8) is 0 Å². The first-order chi connectivity index (χ1) is 12.8. The number of benzene rings is 2. The Morgan fingerprint density at radius 1 is 1.04 bits per heavy atom. The lowest BCUT2D eigenvalue weighted by molar-refractivity contribution is 0.174. The number of thiazole rings is 2. The molecule has 130 valence electrons. The van der Waals surface area contributed by atoms with Crippen LogP contribution in [0.15, 0.2) is 41.8 Å². The summed E-state index contributed by atoms with van der Waals surface area (Å²) in [4.78, 5) is 9.26. The molecule has 26 heavy (non-hydrogen) atoms. The molecule has 0 saturated heterocycles. The Morgan fingerprint density at radius 2 is 1.96 bits per heavy atom. The van der Waals surface area contributed by atoms with Gasteiger partial charge in [-0.2, -0.15) is 0 Å². The third-order valence-electron chi connectivity index (χ3n) is 3.98. The average Bonchev–Trinajstić information content (AvgIpc) is 3.39. The number of hydrogen-bond donors (Lipinski definition) is 1. The smallest absolute Gasteiger partial charge is 0.231 e. The molecule has 0 amide bonds. The minimum atomic E-state index is 0.269. The van der Waals surface area contributed by atoms with Gasteiger partial charge in [0.25, 0.3) is 0 Å². The van der Waals surface area contributed by atoms with E-state index in [1.807, 2.05) is 41.8 Å². The maximum absolute atomic E-state index is 5.43. The molecule has 0 radical (unpaired) electrons. The summed E-state index contributed by atoms with van der Waals surface area (Å²) in [6, 6.07) is 11.7. The monoisotopic (exact) mass is 383 g/mol. The first-order valence-corrected chi connectivity index (χ1v) is 9.55. The molecule has 1 N–H and O–H groups in total. The molecule has 3 heterocycles. The number of fused-ring (bicyclic) bond motifs is 2. The second-order valence-corrected chi connectivity index (χ2v) is 7.47. The van der Waals surface area contributed by atoms with Crippen molar-refractivity contribution >= 4 is 43.2 Å². The van der Waals surface area contributed by atoms with Crippen molar-refractivity contribution in [3.8, 4) is 28.5 Å². The van der Waals surface area contributed by atoms with Gasteiger partial charge in [0.1, 0.15) is 5.75 Å². The van der Waals surface area contributed by atoms with E-state index in [-0.39, 0.29) is 6.79 Å². The van der Waals surface area contributed by atoms with Crippen LogP contribution in [-0.4, -0.2) is 23.9 Å². The van der Waals surface area contributed by atoms with E-state index in [9.17, 15) is 0 Å². The number of nitrogens with one attached hydrogen (secondary N) is 1. The molecule has 0 unspecified atom stereocenters. The second kappa shape index (κ2) is 6.15. The molecule has 2 aromatic heterocycles. The highest BCUT2D eigenvalue weighted by molar-refractivity contribution is 7.22. The molecule has 0 bridgehead atoms. The number of methoxy groups -OCH3 is 1. The van der Waals surface area contributed by atoms with E-state index in [0.717, 1.165) is 49.0 Å². The van der Waals surface area contributed by atoms with E-state index in [1.54, 1.807) is 18.4 Å². The molecule has 0 spiro atoms. The predicted octanol–water partition coefficient (Wildman–Crippen LogP) is 4.90. The van der Waals surface area contributed by atoms with E-state index in [0.29, 0.717) is 0 Å². The van der Waals surface area contributed by atoms with Crippen LogP contribution in [0.2, 0.25) is 0 Å². The van der Waals surface area contributed by atoms with E-state index < -0.39 is 0 Å². The highest BCUT2D eigenvalue weighted by atomic mass is 32.1. The number of rotatable bonds is 4. The number of ether oxygens (including phenoxy) is 3. The molecule has 4 aromatic rings. The van der Waals surface area contributed by atoms with E-state index in [1.165, 1.54) is 11.3 Å². The number of nitrogens with zero attached hydrogens (tertiary/aromatic N) is 2.